The quantitative estimate of drug-likeness (QED) is 0.897. The number of hydrogen-bond donors (Lipinski definition) is 1. The molecule has 0 aromatic carbocycles. The van der Waals surface area contributed by atoms with E-state index in [4.69, 9.17) is 16.0 Å². The van der Waals surface area contributed by atoms with Gasteiger partial charge >= 0.3 is 0 Å². The molecule has 2 fully saturated rings. The molecule has 3 heterocycles. The lowest BCUT2D eigenvalue weighted by Gasteiger charge is -2.32. The fraction of sp³-hybridized carbons (Fsp3) is 0.615. The highest BCUT2D eigenvalue weighted by atomic mass is 35.5. The third kappa shape index (κ3) is 3.28. The van der Waals surface area contributed by atoms with Crippen molar-refractivity contribution < 1.29 is 9.21 Å². The molecule has 0 spiro atoms. The zero-order valence-corrected chi connectivity index (χ0v) is 12.8. The minimum absolute atomic E-state index is 0. The van der Waals surface area contributed by atoms with Crippen LogP contribution in [-0.2, 0) is 0 Å². The summed E-state index contributed by atoms with van der Waals surface area (Å²) in [6, 6.07) is 3.73. The first-order chi connectivity index (χ1) is 9.24. The lowest BCUT2D eigenvalue weighted by Crippen LogP contribution is -2.49. The van der Waals surface area contributed by atoms with Crippen LogP contribution in [0.5, 0.6) is 0 Å². The molecule has 1 aromatic rings. The number of hydrogen-bond acceptors (Lipinski definition) is 4. The van der Waals surface area contributed by atoms with Gasteiger partial charge in [0, 0.05) is 45.3 Å². The Bertz CT molecular complexity index is 460. The Labute approximate surface area is 129 Å². The molecule has 2 aliphatic heterocycles. The van der Waals surface area contributed by atoms with Crippen molar-refractivity contribution in [1.82, 2.24) is 15.1 Å². The van der Waals surface area contributed by atoms with Crippen LogP contribution in [0.4, 0.5) is 0 Å². The Kier molecular flexibility index (Phi) is 5.32. The summed E-state index contributed by atoms with van der Waals surface area (Å²) in [5.41, 5.74) is 0. The standard InChI is InChI=1S/C13H18ClN3O2.ClH/c14-12-2-1-11(19-12)13(18)17-6-3-10(9-17)16-7-4-15-5-8-16;/h1-2,10,15H,3-9H2;1H. The second-order valence-electron chi connectivity index (χ2n) is 5.08. The van der Waals surface area contributed by atoms with Gasteiger partial charge in [-0.1, -0.05) is 0 Å². The van der Waals surface area contributed by atoms with Gasteiger partial charge < -0.3 is 14.6 Å². The normalized spacial score (nSPS) is 23.6. The Balaban J connectivity index is 0.00000147. The van der Waals surface area contributed by atoms with Gasteiger partial charge in [-0.2, -0.15) is 0 Å². The van der Waals surface area contributed by atoms with Crippen molar-refractivity contribution in [2.45, 2.75) is 12.5 Å². The van der Waals surface area contributed by atoms with Crippen LogP contribution in [0.3, 0.4) is 0 Å². The van der Waals surface area contributed by atoms with Gasteiger partial charge in [-0.05, 0) is 30.2 Å². The summed E-state index contributed by atoms with van der Waals surface area (Å²) in [7, 11) is 0. The first-order valence-corrected chi connectivity index (χ1v) is 7.11. The number of piperazine rings is 1. The van der Waals surface area contributed by atoms with Crippen molar-refractivity contribution in [2.24, 2.45) is 0 Å². The zero-order chi connectivity index (χ0) is 13.2. The molecule has 1 unspecified atom stereocenters. The van der Waals surface area contributed by atoms with Crippen molar-refractivity contribution >= 4 is 29.9 Å². The van der Waals surface area contributed by atoms with E-state index in [1.54, 1.807) is 12.1 Å². The SMILES string of the molecule is Cl.O=C(c1ccc(Cl)o1)N1CCC(N2CCNCC2)C1. The average molecular weight is 320 g/mol. The minimum atomic E-state index is -0.0514. The molecule has 2 saturated heterocycles. The lowest BCUT2D eigenvalue weighted by molar-refractivity contribution is 0.0742. The van der Waals surface area contributed by atoms with E-state index in [1.165, 1.54) is 0 Å². The molecule has 0 bridgehead atoms. The van der Waals surface area contributed by atoms with Gasteiger partial charge in [-0.3, -0.25) is 9.69 Å². The second kappa shape index (κ2) is 6.80. The molecule has 1 aromatic heterocycles. The Hall–Kier alpha value is -0.750. The Morgan fingerprint density at radius 1 is 1.30 bits per heavy atom. The predicted octanol–water partition coefficient (Wildman–Crippen LogP) is 1.47. The molecule has 112 valence electrons. The van der Waals surface area contributed by atoms with E-state index in [9.17, 15) is 4.79 Å². The number of furan rings is 1. The molecule has 3 rings (SSSR count). The number of nitrogens with one attached hydrogen (secondary N) is 1. The highest BCUT2D eigenvalue weighted by molar-refractivity contribution is 6.29. The summed E-state index contributed by atoms with van der Waals surface area (Å²) >= 11 is 5.71. The van der Waals surface area contributed by atoms with E-state index >= 15 is 0 Å². The number of carbonyl (C=O) groups is 1. The van der Waals surface area contributed by atoms with Gasteiger partial charge in [0.05, 0.1) is 0 Å². The number of carbonyl (C=O) groups excluding carboxylic acids is 1. The molecule has 0 saturated carbocycles. The second-order valence-corrected chi connectivity index (χ2v) is 5.46. The van der Waals surface area contributed by atoms with Gasteiger partial charge in [-0.25, -0.2) is 0 Å². The highest BCUT2D eigenvalue weighted by Crippen LogP contribution is 2.20. The third-order valence-electron chi connectivity index (χ3n) is 3.90. The summed E-state index contributed by atoms with van der Waals surface area (Å²) in [6.07, 6.45) is 1.04. The maximum atomic E-state index is 12.2. The Morgan fingerprint density at radius 3 is 2.70 bits per heavy atom. The molecule has 1 amide bonds. The molecule has 7 heteroatoms. The van der Waals surface area contributed by atoms with Crippen molar-refractivity contribution in [3.63, 3.8) is 0 Å². The van der Waals surface area contributed by atoms with E-state index in [-0.39, 0.29) is 23.5 Å². The lowest BCUT2D eigenvalue weighted by atomic mass is 10.2. The molecule has 5 nitrogen and oxygen atoms in total. The van der Waals surface area contributed by atoms with E-state index in [0.717, 1.165) is 45.7 Å². The van der Waals surface area contributed by atoms with Crippen molar-refractivity contribution in [1.29, 1.82) is 0 Å². The van der Waals surface area contributed by atoms with Gasteiger partial charge in [0.1, 0.15) is 0 Å². The summed E-state index contributed by atoms with van der Waals surface area (Å²) < 4.78 is 5.19. The van der Waals surface area contributed by atoms with E-state index in [0.29, 0.717) is 11.8 Å². The van der Waals surface area contributed by atoms with Crippen LogP contribution < -0.4 is 5.32 Å². The average Bonchev–Trinajstić information content (AvgIpc) is 3.08. The zero-order valence-electron chi connectivity index (χ0n) is 11.2. The van der Waals surface area contributed by atoms with Gasteiger partial charge in [-0.15, -0.1) is 12.4 Å². The number of likely N-dealkylation sites (tertiary alicyclic amines) is 1. The predicted molar refractivity (Wildman–Crippen MR) is 79.7 cm³/mol. The maximum Gasteiger partial charge on any atom is 0.289 e. The largest absolute Gasteiger partial charge is 0.440 e. The van der Waals surface area contributed by atoms with Crippen LogP contribution in [0.25, 0.3) is 0 Å². The molecule has 1 atom stereocenters. The van der Waals surface area contributed by atoms with Gasteiger partial charge in [0.15, 0.2) is 11.0 Å². The highest BCUT2D eigenvalue weighted by Gasteiger charge is 2.32. The number of amides is 1. The molecular weight excluding hydrogens is 301 g/mol. The topological polar surface area (TPSA) is 48.7 Å². The van der Waals surface area contributed by atoms with Crippen molar-refractivity contribution in [3.8, 4) is 0 Å². The third-order valence-corrected chi connectivity index (χ3v) is 4.11. The van der Waals surface area contributed by atoms with E-state index < -0.39 is 0 Å². The van der Waals surface area contributed by atoms with Crippen molar-refractivity contribution in [2.75, 3.05) is 39.3 Å². The molecule has 0 radical (unpaired) electrons. The smallest absolute Gasteiger partial charge is 0.289 e. The van der Waals surface area contributed by atoms with Crippen molar-refractivity contribution in [3.05, 3.63) is 23.1 Å². The van der Waals surface area contributed by atoms with Crippen LogP contribution in [0.2, 0.25) is 5.22 Å². The van der Waals surface area contributed by atoms with Crippen LogP contribution >= 0.6 is 24.0 Å². The van der Waals surface area contributed by atoms with Crippen LogP contribution in [0, 0.1) is 0 Å². The van der Waals surface area contributed by atoms with E-state index in [1.807, 2.05) is 4.90 Å². The summed E-state index contributed by atoms with van der Waals surface area (Å²) in [4.78, 5) is 16.6. The number of nitrogens with zero attached hydrogens (tertiary/aromatic N) is 2. The Morgan fingerprint density at radius 2 is 2.05 bits per heavy atom. The summed E-state index contributed by atoms with van der Waals surface area (Å²) in [6.45, 7) is 5.80. The molecule has 20 heavy (non-hydrogen) atoms. The van der Waals surface area contributed by atoms with Crippen LogP contribution in [0.15, 0.2) is 16.5 Å². The first-order valence-electron chi connectivity index (χ1n) is 6.73. The minimum Gasteiger partial charge on any atom is -0.440 e. The van der Waals surface area contributed by atoms with Gasteiger partial charge in [0.25, 0.3) is 5.91 Å². The van der Waals surface area contributed by atoms with Crippen LogP contribution in [-0.4, -0.2) is 61.0 Å². The number of halogens is 2. The maximum absolute atomic E-state index is 12.2. The molecule has 0 aliphatic carbocycles. The van der Waals surface area contributed by atoms with Crippen LogP contribution in [0.1, 0.15) is 17.0 Å². The molecule has 2 aliphatic rings. The van der Waals surface area contributed by atoms with Gasteiger partial charge in [0.2, 0.25) is 0 Å². The summed E-state index contributed by atoms with van der Waals surface area (Å²) in [5.74, 6) is 0.287. The monoisotopic (exact) mass is 319 g/mol. The summed E-state index contributed by atoms with van der Waals surface area (Å²) in [5, 5.41) is 3.61. The van der Waals surface area contributed by atoms with E-state index in [2.05, 4.69) is 10.2 Å². The number of rotatable bonds is 2. The fourth-order valence-electron chi connectivity index (χ4n) is 2.86. The molecular formula is C13H19Cl2N3O2. The first kappa shape index (κ1) is 15.6. The fourth-order valence-corrected chi connectivity index (χ4v) is 3.00. The molecule has 1 N–H and O–H groups in total.